The van der Waals surface area contributed by atoms with Gasteiger partial charge in [0.15, 0.2) is 0 Å². The fraction of sp³-hybridized carbons (Fsp3) is 0.250. The van der Waals surface area contributed by atoms with Crippen molar-refractivity contribution in [1.29, 1.82) is 0 Å². The number of aryl methyl sites for hydroxylation is 2. The first-order valence-corrected chi connectivity index (χ1v) is 6.36. The monoisotopic (exact) mass is 238 g/mol. The number of aromatic amines is 1. The molecule has 3 rings (SSSR count). The highest BCUT2D eigenvalue weighted by atomic mass is 14.8. The van der Waals surface area contributed by atoms with Gasteiger partial charge in [-0.3, -0.25) is 0 Å². The maximum absolute atomic E-state index is 3.54. The average molecular weight is 238 g/mol. The maximum Gasteiger partial charge on any atom is 0.0497 e. The lowest BCUT2D eigenvalue weighted by Gasteiger charge is -2.09. The summed E-state index contributed by atoms with van der Waals surface area (Å²) in [7, 11) is 1.99. The molecule has 0 saturated carbocycles. The molecule has 18 heavy (non-hydrogen) atoms. The van der Waals surface area contributed by atoms with Crippen LogP contribution in [0.3, 0.4) is 0 Å². The van der Waals surface area contributed by atoms with Crippen LogP contribution in [0.2, 0.25) is 0 Å². The highest BCUT2D eigenvalue weighted by Crippen LogP contribution is 2.32. The smallest absolute Gasteiger partial charge is 0.0497 e. The van der Waals surface area contributed by atoms with E-state index in [0.717, 1.165) is 6.54 Å². The van der Waals surface area contributed by atoms with Crippen LogP contribution >= 0.6 is 0 Å². The Morgan fingerprint density at radius 3 is 2.72 bits per heavy atom. The van der Waals surface area contributed by atoms with E-state index in [2.05, 4.69) is 54.5 Å². The molecule has 0 aliphatic carbocycles. The van der Waals surface area contributed by atoms with Gasteiger partial charge in [-0.15, -0.1) is 0 Å². The minimum absolute atomic E-state index is 0.919. The molecule has 0 atom stereocenters. The summed E-state index contributed by atoms with van der Waals surface area (Å²) in [6, 6.07) is 10.8. The van der Waals surface area contributed by atoms with Crippen LogP contribution in [0.5, 0.6) is 0 Å². The fourth-order valence-corrected chi connectivity index (χ4v) is 2.80. The SMILES string of the molecule is CNCc1cc(C)c2[nH]c3ccccc3c2c1C. The number of hydrogen-bond acceptors (Lipinski definition) is 1. The fourth-order valence-electron chi connectivity index (χ4n) is 2.80. The molecule has 2 heteroatoms. The van der Waals surface area contributed by atoms with E-state index in [1.54, 1.807) is 0 Å². The van der Waals surface area contributed by atoms with E-state index in [0.29, 0.717) is 0 Å². The van der Waals surface area contributed by atoms with Crippen molar-refractivity contribution in [2.75, 3.05) is 7.05 Å². The maximum atomic E-state index is 3.54. The molecule has 1 aromatic heterocycles. The Hall–Kier alpha value is -1.80. The first kappa shape index (κ1) is 11.3. The second-order valence-corrected chi connectivity index (χ2v) is 4.93. The number of aromatic nitrogens is 1. The van der Waals surface area contributed by atoms with Crippen LogP contribution in [-0.2, 0) is 6.54 Å². The molecule has 3 aromatic rings. The lowest BCUT2D eigenvalue weighted by atomic mass is 9.98. The Morgan fingerprint density at radius 1 is 1.17 bits per heavy atom. The first-order chi connectivity index (χ1) is 8.72. The van der Waals surface area contributed by atoms with Crippen LogP contribution in [-0.4, -0.2) is 12.0 Å². The predicted molar refractivity (Wildman–Crippen MR) is 78.0 cm³/mol. The minimum atomic E-state index is 0.919. The molecule has 2 aromatic carbocycles. The van der Waals surface area contributed by atoms with E-state index >= 15 is 0 Å². The van der Waals surface area contributed by atoms with Gasteiger partial charge in [0.1, 0.15) is 0 Å². The average Bonchev–Trinajstić information content (AvgIpc) is 2.76. The van der Waals surface area contributed by atoms with Gasteiger partial charge in [-0.1, -0.05) is 24.3 Å². The Balaban J connectivity index is 2.46. The summed E-state index contributed by atoms with van der Waals surface area (Å²) in [4.78, 5) is 3.54. The third-order valence-electron chi connectivity index (χ3n) is 3.72. The number of fused-ring (bicyclic) bond motifs is 3. The molecule has 0 aliphatic heterocycles. The number of para-hydroxylation sites is 1. The van der Waals surface area contributed by atoms with Gasteiger partial charge in [-0.2, -0.15) is 0 Å². The van der Waals surface area contributed by atoms with Crippen LogP contribution in [0.1, 0.15) is 16.7 Å². The van der Waals surface area contributed by atoms with Crippen molar-refractivity contribution < 1.29 is 0 Å². The number of rotatable bonds is 2. The Labute approximate surface area is 107 Å². The predicted octanol–water partition coefficient (Wildman–Crippen LogP) is 3.66. The van der Waals surface area contributed by atoms with Gasteiger partial charge < -0.3 is 10.3 Å². The zero-order valence-electron chi connectivity index (χ0n) is 11.1. The van der Waals surface area contributed by atoms with Crippen molar-refractivity contribution in [1.82, 2.24) is 10.3 Å². The molecular formula is C16H18N2. The molecule has 0 spiro atoms. The summed E-state index contributed by atoms with van der Waals surface area (Å²) in [6.07, 6.45) is 0. The van der Waals surface area contributed by atoms with Gasteiger partial charge >= 0.3 is 0 Å². The van der Waals surface area contributed by atoms with E-state index in [9.17, 15) is 0 Å². The van der Waals surface area contributed by atoms with Crippen LogP contribution in [0, 0.1) is 13.8 Å². The number of H-pyrrole nitrogens is 1. The zero-order valence-corrected chi connectivity index (χ0v) is 11.1. The second-order valence-electron chi connectivity index (χ2n) is 4.93. The normalized spacial score (nSPS) is 11.5. The molecule has 0 amide bonds. The summed E-state index contributed by atoms with van der Waals surface area (Å²) in [6.45, 7) is 5.31. The van der Waals surface area contributed by atoms with Crippen molar-refractivity contribution in [3.8, 4) is 0 Å². The first-order valence-electron chi connectivity index (χ1n) is 6.36. The van der Waals surface area contributed by atoms with Crippen molar-refractivity contribution in [2.24, 2.45) is 0 Å². The van der Waals surface area contributed by atoms with E-state index in [4.69, 9.17) is 0 Å². The molecule has 2 nitrogen and oxygen atoms in total. The van der Waals surface area contributed by atoms with E-state index in [-0.39, 0.29) is 0 Å². The van der Waals surface area contributed by atoms with Crippen LogP contribution in [0.15, 0.2) is 30.3 Å². The lowest BCUT2D eigenvalue weighted by molar-refractivity contribution is 0.813. The molecule has 0 saturated heterocycles. The zero-order chi connectivity index (χ0) is 12.7. The molecule has 1 heterocycles. The van der Waals surface area contributed by atoms with Crippen molar-refractivity contribution in [3.63, 3.8) is 0 Å². The van der Waals surface area contributed by atoms with Crippen LogP contribution in [0.25, 0.3) is 21.8 Å². The number of hydrogen-bond donors (Lipinski definition) is 2. The molecule has 0 fully saturated rings. The Kier molecular flexibility index (Phi) is 2.60. The van der Waals surface area contributed by atoms with E-state index < -0.39 is 0 Å². The van der Waals surface area contributed by atoms with Crippen LogP contribution < -0.4 is 5.32 Å². The highest BCUT2D eigenvalue weighted by molar-refractivity contribution is 6.10. The molecule has 2 N–H and O–H groups in total. The van der Waals surface area contributed by atoms with Crippen molar-refractivity contribution in [2.45, 2.75) is 20.4 Å². The third-order valence-corrected chi connectivity index (χ3v) is 3.72. The van der Waals surface area contributed by atoms with Crippen molar-refractivity contribution in [3.05, 3.63) is 47.0 Å². The minimum Gasteiger partial charge on any atom is -0.354 e. The van der Waals surface area contributed by atoms with Gasteiger partial charge in [0.25, 0.3) is 0 Å². The largest absolute Gasteiger partial charge is 0.354 e. The van der Waals surface area contributed by atoms with Crippen molar-refractivity contribution >= 4 is 21.8 Å². The highest BCUT2D eigenvalue weighted by Gasteiger charge is 2.11. The quantitative estimate of drug-likeness (QED) is 0.700. The standard InChI is InChI=1S/C16H18N2/c1-10-8-12(9-17-3)11(2)15-13-6-4-5-7-14(13)18-16(10)15/h4-8,17-18H,9H2,1-3H3. The van der Waals surface area contributed by atoms with E-state index in [1.807, 2.05) is 7.05 Å². The summed E-state index contributed by atoms with van der Waals surface area (Å²) >= 11 is 0. The Bertz CT molecular complexity index is 723. The molecule has 0 unspecified atom stereocenters. The number of benzene rings is 2. The summed E-state index contributed by atoms with van der Waals surface area (Å²) in [5.41, 5.74) is 6.57. The number of nitrogens with one attached hydrogen (secondary N) is 2. The topological polar surface area (TPSA) is 27.8 Å². The lowest BCUT2D eigenvalue weighted by Crippen LogP contribution is -2.07. The van der Waals surface area contributed by atoms with E-state index in [1.165, 1.54) is 38.5 Å². The van der Waals surface area contributed by atoms with Gasteiger partial charge in [-0.25, -0.2) is 0 Å². The molecule has 0 bridgehead atoms. The van der Waals surface area contributed by atoms with Gasteiger partial charge in [-0.05, 0) is 43.7 Å². The molecule has 0 aliphatic rings. The van der Waals surface area contributed by atoms with Gasteiger partial charge in [0.2, 0.25) is 0 Å². The molecule has 0 radical (unpaired) electrons. The van der Waals surface area contributed by atoms with Gasteiger partial charge in [0.05, 0.1) is 0 Å². The summed E-state index contributed by atoms with van der Waals surface area (Å²) in [5, 5.41) is 5.94. The molecular weight excluding hydrogens is 220 g/mol. The Morgan fingerprint density at radius 2 is 1.94 bits per heavy atom. The van der Waals surface area contributed by atoms with Crippen LogP contribution in [0.4, 0.5) is 0 Å². The summed E-state index contributed by atoms with van der Waals surface area (Å²) in [5.74, 6) is 0. The third kappa shape index (κ3) is 1.53. The second kappa shape index (κ2) is 4.14. The summed E-state index contributed by atoms with van der Waals surface area (Å²) < 4.78 is 0. The molecule has 92 valence electrons. The van der Waals surface area contributed by atoms with Gasteiger partial charge in [0, 0.05) is 28.4 Å².